The van der Waals surface area contributed by atoms with Crippen molar-refractivity contribution in [3.8, 4) is 0 Å². The van der Waals surface area contributed by atoms with Crippen molar-refractivity contribution in [1.29, 1.82) is 0 Å². The Kier molecular flexibility index (Phi) is 10.7. The van der Waals surface area contributed by atoms with Gasteiger partial charge in [-0.05, 0) is 6.42 Å². The number of benzene rings is 4. The molecule has 6 rings (SSSR count). The van der Waals surface area contributed by atoms with Crippen LogP contribution in [0.25, 0.3) is 27.1 Å². The van der Waals surface area contributed by atoms with Crippen LogP contribution in [-0.2, 0) is 26.2 Å². The standard InChI is InChI=1S/C18H13.2C6H5.CH3.Zr/c1-2-7-13(6-1)15-10-5-11-17-16-9-4-3-8-14(16)12-18(15)17;2*1-2-4-6-5-3-1;;/h1-6,8-12H,7H2;2*1-5H;1H3;/q4*-1;+4. The van der Waals surface area contributed by atoms with Gasteiger partial charge in [-0.3, -0.25) is 0 Å². The van der Waals surface area contributed by atoms with Crippen LogP contribution >= 0.6 is 0 Å². The van der Waals surface area contributed by atoms with Crippen LogP contribution in [0.3, 0.4) is 0 Å². The minimum Gasteiger partial charge on any atom is -0.358 e. The molecule has 5 aromatic carbocycles. The van der Waals surface area contributed by atoms with Crippen molar-refractivity contribution in [2.75, 3.05) is 0 Å². The van der Waals surface area contributed by atoms with E-state index in [1.807, 2.05) is 60.7 Å². The van der Waals surface area contributed by atoms with Gasteiger partial charge in [0.1, 0.15) is 0 Å². The molecule has 0 amide bonds. The molecule has 0 radical (unpaired) electrons. The van der Waals surface area contributed by atoms with Crippen LogP contribution in [0.1, 0.15) is 12.0 Å². The largest absolute Gasteiger partial charge is 4.00 e. The SMILES string of the molecule is C1=CCC(c2cccc3c2[cH-]c2ccccc23)=C1.[CH3-].[Zr+4].[c-]1ccccc1.[c-]1ccccc1. The molecule has 0 spiro atoms. The molecule has 5 aromatic rings. The minimum absolute atomic E-state index is 0. The van der Waals surface area contributed by atoms with Crippen LogP contribution < -0.4 is 0 Å². The van der Waals surface area contributed by atoms with E-state index in [-0.39, 0.29) is 33.6 Å². The Hall–Kier alpha value is -2.89. The van der Waals surface area contributed by atoms with E-state index in [2.05, 4.69) is 78.9 Å². The first-order valence-electron chi connectivity index (χ1n) is 10.2. The molecule has 0 unspecified atom stereocenters. The zero-order valence-electron chi connectivity index (χ0n) is 18.3. The zero-order valence-corrected chi connectivity index (χ0v) is 20.8. The van der Waals surface area contributed by atoms with Crippen LogP contribution in [-0.4, -0.2) is 0 Å². The van der Waals surface area contributed by atoms with Gasteiger partial charge in [0, 0.05) is 0 Å². The fourth-order valence-corrected chi connectivity index (χ4v) is 3.59. The minimum atomic E-state index is 0. The maximum absolute atomic E-state index is 2.89. The van der Waals surface area contributed by atoms with Crippen molar-refractivity contribution in [3.63, 3.8) is 0 Å². The smallest absolute Gasteiger partial charge is 0.358 e. The molecular weight excluding hydrogens is 464 g/mol. The Morgan fingerprint density at radius 1 is 0.656 bits per heavy atom. The second kappa shape index (κ2) is 13.5. The Balaban J connectivity index is 0.000000216. The summed E-state index contributed by atoms with van der Waals surface area (Å²) in [7, 11) is 0. The quantitative estimate of drug-likeness (QED) is 0.207. The topological polar surface area (TPSA) is 0 Å². The van der Waals surface area contributed by atoms with Crippen molar-refractivity contribution < 1.29 is 26.2 Å². The average molecular weight is 490 g/mol. The molecule has 32 heavy (non-hydrogen) atoms. The molecule has 1 aliphatic rings. The molecule has 0 saturated heterocycles. The van der Waals surface area contributed by atoms with Gasteiger partial charge in [-0.2, -0.15) is 72.8 Å². The first-order chi connectivity index (χ1) is 14.9. The zero-order chi connectivity index (χ0) is 20.4. The van der Waals surface area contributed by atoms with E-state index in [0.717, 1.165) is 6.42 Å². The van der Waals surface area contributed by atoms with Gasteiger partial charge in [0.05, 0.1) is 0 Å². The van der Waals surface area contributed by atoms with Gasteiger partial charge in [-0.1, -0.05) is 65.8 Å². The molecule has 0 aromatic heterocycles. The number of hydrogen-bond acceptors (Lipinski definition) is 0. The van der Waals surface area contributed by atoms with Crippen molar-refractivity contribution in [1.82, 2.24) is 0 Å². The summed E-state index contributed by atoms with van der Waals surface area (Å²) < 4.78 is 0. The molecule has 0 aliphatic heterocycles. The third-order valence-electron chi connectivity index (χ3n) is 4.99. The predicted octanol–water partition coefficient (Wildman–Crippen LogP) is 8.48. The average Bonchev–Trinajstić information content (AvgIpc) is 3.50. The van der Waals surface area contributed by atoms with Gasteiger partial charge in [0.15, 0.2) is 0 Å². The number of hydrogen-bond donors (Lipinski definition) is 0. The van der Waals surface area contributed by atoms with Crippen molar-refractivity contribution in [2.24, 2.45) is 0 Å². The monoisotopic (exact) mass is 488 g/mol. The molecule has 0 saturated carbocycles. The number of rotatable bonds is 1. The van der Waals surface area contributed by atoms with E-state index in [1.165, 1.54) is 32.7 Å². The van der Waals surface area contributed by atoms with Crippen LogP contribution in [0.15, 0.2) is 127 Å². The second-order valence-corrected chi connectivity index (χ2v) is 6.98. The number of fused-ring (bicyclic) bond motifs is 3. The van der Waals surface area contributed by atoms with Crippen LogP contribution in [0, 0.1) is 19.6 Å². The van der Waals surface area contributed by atoms with Gasteiger partial charge in [0.25, 0.3) is 0 Å². The third kappa shape index (κ3) is 6.55. The van der Waals surface area contributed by atoms with Gasteiger partial charge in [-0.25, -0.2) is 0 Å². The maximum atomic E-state index is 2.89. The van der Waals surface area contributed by atoms with E-state index in [9.17, 15) is 0 Å². The van der Waals surface area contributed by atoms with Crippen LogP contribution in [0.4, 0.5) is 0 Å². The number of allylic oxidation sites excluding steroid dienone is 4. The third-order valence-corrected chi connectivity index (χ3v) is 4.99. The van der Waals surface area contributed by atoms with Crippen LogP contribution in [0.2, 0.25) is 0 Å². The van der Waals surface area contributed by atoms with Gasteiger partial charge in [0.2, 0.25) is 0 Å². The van der Waals surface area contributed by atoms with Crippen molar-refractivity contribution in [2.45, 2.75) is 6.42 Å². The molecule has 0 fully saturated rings. The predicted molar refractivity (Wildman–Crippen MR) is 136 cm³/mol. The van der Waals surface area contributed by atoms with E-state index < -0.39 is 0 Å². The van der Waals surface area contributed by atoms with E-state index >= 15 is 0 Å². The molecule has 0 bridgehead atoms. The van der Waals surface area contributed by atoms with E-state index in [0.29, 0.717) is 0 Å². The van der Waals surface area contributed by atoms with Gasteiger partial charge < -0.3 is 7.43 Å². The van der Waals surface area contributed by atoms with Crippen molar-refractivity contribution >= 4 is 27.1 Å². The maximum Gasteiger partial charge on any atom is 4.00 e. The van der Waals surface area contributed by atoms with Crippen molar-refractivity contribution in [3.05, 3.63) is 153 Å². The fourth-order valence-electron chi connectivity index (χ4n) is 3.59. The summed E-state index contributed by atoms with van der Waals surface area (Å²) in [6.07, 6.45) is 7.65. The fraction of sp³-hybridized carbons (Fsp3) is 0.0323. The normalized spacial score (nSPS) is 11.2. The summed E-state index contributed by atoms with van der Waals surface area (Å²) in [4.78, 5) is 0. The molecular formula is C31H26Zr. The Bertz CT molecular complexity index is 1160. The summed E-state index contributed by atoms with van der Waals surface area (Å²) in [6.45, 7) is 0. The first-order valence-corrected chi connectivity index (χ1v) is 10.2. The Morgan fingerprint density at radius 3 is 1.81 bits per heavy atom. The molecule has 0 nitrogen and oxygen atoms in total. The molecule has 0 N–H and O–H groups in total. The Morgan fingerprint density at radius 2 is 1.28 bits per heavy atom. The summed E-state index contributed by atoms with van der Waals surface area (Å²) in [5.41, 5.74) is 2.81. The Labute approximate surface area is 211 Å². The first kappa shape index (κ1) is 25.4. The van der Waals surface area contributed by atoms with E-state index in [4.69, 9.17) is 0 Å². The molecule has 154 valence electrons. The van der Waals surface area contributed by atoms with Gasteiger partial charge >= 0.3 is 26.2 Å². The second-order valence-electron chi connectivity index (χ2n) is 6.98. The van der Waals surface area contributed by atoms with E-state index in [1.54, 1.807) is 0 Å². The summed E-state index contributed by atoms with van der Waals surface area (Å²) in [5, 5.41) is 5.46. The van der Waals surface area contributed by atoms with Gasteiger partial charge in [-0.15, -0.1) is 33.7 Å². The summed E-state index contributed by atoms with van der Waals surface area (Å²) in [5.74, 6) is 0. The molecule has 1 aliphatic carbocycles. The van der Waals surface area contributed by atoms with Crippen LogP contribution in [0.5, 0.6) is 0 Å². The molecule has 1 heteroatoms. The molecule has 0 atom stereocenters. The molecule has 0 heterocycles. The summed E-state index contributed by atoms with van der Waals surface area (Å²) in [6, 6.07) is 42.6. The summed E-state index contributed by atoms with van der Waals surface area (Å²) >= 11 is 0.